The van der Waals surface area contributed by atoms with Gasteiger partial charge < -0.3 is 29.9 Å². The first-order valence-corrected chi connectivity index (χ1v) is 17.9. The summed E-state index contributed by atoms with van der Waals surface area (Å²) in [7, 11) is 0. The molecule has 0 spiro atoms. The van der Waals surface area contributed by atoms with E-state index in [-0.39, 0.29) is 53.7 Å². The maximum absolute atomic E-state index is 12.9. The topological polar surface area (TPSA) is 134 Å². The van der Waals surface area contributed by atoms with Crippen molar-refractivity contribution in [3.63, 3.8) is 0 Å². The number of hydrogen-bond acceptors (Lipinski definition) is 8. The number of fused-ring (bicyclic) bond motifs is 7. The standard InChI is InChI=1S/C39H60O8/c1-10-22(3)33(44)46-20-24-25-14-17-37(8)29(36(25,7)16-15-28(24)40)13-12-26-27-18-35(5,6)31(42)32(43)39(27,30(41)19-38(26,37)9)21-47-34(45)23(4)11-2/h10-12,24-25,27-32,40-43H,13-21H2,1-9H3/b22-10-,23-11-/t24-,25?,27?,28+,29?,30-,31+,32+,36+,37-,38-,39+/m1/s1. The van der Waals surface area contributed by atoms with E-state index < -0.39 is 46.6 Å². The molecule has 4 saturated carbocycles. The minimum absolute atomic E-state index is 0.107. The van der Waals surface area contributed by atoms with Crippen molar-refractivity contribution in [3.05, 3.63) is 34.9 Å². The fourth-order valence-corrected chi connectivity index (χ4v) is 11.3. The molecular formula is C39H60O8. The molecule has 4 fully saturated rings. The Hall–Kier alpha value is -2.00. The van der Waals surface area contributed by atoms with Gasteiger partial charge in [-0.2, -0.15) is 0 Å². The summed E-state index contributed by atoms with van der Waals surface area (Å²) in [5.74, 6) is -0.785. The summed E-state index contributed by atoms with van der Waals surface area (Å²) >= 11 is 0. The zero-order valence-electron chi connectivity index (χ0n) is 30.1. The molecule has 264 valence electrons. The van der Waals surface area contributed by atoms with Gasteiger partial charge in [0.05, 0.1) is 36.4 Å². The normalized spacial score (nSPS) is 46.2. The summed E-state index contributed by atoms with van der Waals surface area (Å²) in [4.78, 5) is 25.4. The van der Waals surface area contributed by atoms with Gasteiger partial charge in [0.25, 0.3) is 0 Å². The Morgan fingerprint density at radius 2 is 1.49 bits per heavy atom. The number of carbonyl (C=O) groups is 2. The number of carbonyl (C=O) groups excluding carboxylic acids is 2. The molecule has 12 atom stereocenters. The van der Waals surface area contributed by atoms with Crippen LogP contribution in [-0.4, -0.2) is 70.0 Å². The number of esters is 2. The summed E-state index contributed by atoms with van der Waals surface area (Å²) in [5.41, 5.74) is -0.317. The molecule has 5 rings (SSSR count). The zero-order valence-corrected chi connectivity index (χ0v) is 30.1. The second-order valence-electron chi connectivity index (χ2n) is 17.2. The Morgan fingerprint density at radius 3 is 2.11 bits per heavy atom. The molecule has 5 aliphatic carbocycles. The monoisotopic (exact) mass is 656 g/mol. The van der Waals surface area contributed by atoms with Crippen LogP contribution in [0.5, 0.6) is 0 Å². The number of aliphatic hydroxyl groups excluding tert-OH is 4. The smallest absolute Gasteiger partial charge is 0.333 e. The molecule has 0 aromatic rings. The fraction of sp³-hybridized carbons (Fsp3) is 0.795. The van der Waals surface area contributed by atoms with Crippen molar-refractivity contribution in [1.29, 1.82) is 0 Å². The summed E-state index contributed by atoms with van der Waals surface area (Å²) in [6.45, 7) is 18.0. The van der Waals surface area contributed by atoms with Gasteiger partial charge in [-0.1, -0.05) is 58.4 Å². The van der Waals surface area contributed by atoms with Crippen molar-refractivity contribution in [2.75, 3.05) is 13.2 Å². The van der Waals surface area contributed by atoms with Crippen molar-refractivity contribution in [3.8, 4) is 0 Å². The van der Waals surface area contributed by atoms with Crippen LogP contribution in [0.2, 0.25) is 0 Å². The predicted octanol–water partition coefficient (Wildman–Crippen LogP) is 5.67. The van der Waals surface area contributed by atoms with Gasteiger partial charge in [0.1, 0.15) is 6.61 Å². The molecule has 0 heterocycles. The summed E-state index contributed by atoms with van der Waals surface area (Å²) in [5, 5.41) is 46.8. The van der Waals surface area contributed by atoms with Crippen molar-refractivity contribution >= 4 is 11.9 Å². The highest BCUT2D eigenvalue weighted by atomic mass is 16.5. The molecule has 8 nitrogen and oxygen atoms in total. The molecule has 5 aliphatic rings. The van der Waals surface area contributed by atoms with Crippen LogP contribution >= 0.6 is 0 Å². The lowest BCUT2D eigenvalue weighted by molar-refractivity contribution is -0.256. The van der Waals surface area contributed by atoms with Crippen molar-refractivity contribution in [1.82, 2.24) is 0 Å². The molecule has 0 bridgehead atoms. The van der Waals surface area contributed by atoms with E-state index in [1.54, 1.807) is 32.9 Å². The van der Waals surface area contributed by atoms with Crippen LogP contribution in [-0.2, 0) is 19.1 Å². The van der Waals surface area contributed by atoms with Crippen LogP contribution in [0, 0.1) is 50.7 Å². The van der Waals surface area contributed by atoms with Crippen LogP contribution in [0.15, 0.2) is 34.9 Å². The van der Waals surface area contributed by atoms with E-state index in [0.29, 0.717) is 30.4 Å². The molecule has 47 heavy (non-hydrogen) atoms. The van der Waals surface area contributed by atoms with E-state index in [0.717, 1.165) is 25.7 Å². The molecule has 0 aromatic heterocycles. The summed E-state index contributed by atoms with van der Waals surface area (Å²) < 4.78 is 11.6. The number of aliphatic hydroxyl groups is 4. The number of allylic oxidation sites excluding steroid dienone is 4. The van der Waals surface area contributed by atoms with E-state index in [1.807, 2.05) is 20.8 Å². The maximum Gasteiger partial charge on any atom is 0.333 e. The van der Waals surface area contributed by atoms with E-state index in [9.17, 15) is 30.0 Å². The van der Waals surface area contributed by atoms with Crippen LogP contribution in [0.1, 0.15) is 107 Å². The van der Waals surface area contributed by atoms with Gasteiger partial charge >= 0.3 is 11.9 Å². The minimum Gasteiger partial charge on any atom is -0.462 e. The van der Waals surface area contributed by atoms with Crippen LogP contribution in [0.3, 0.4) is 0 Å². The molecule has 0 amide bonds. The molecule has 3 unspecified atom stereocenters. The number of ether oxygens (including phenoxy) is 2. The highest BCUT2D eigenvalue weighted by Crippen LogP contribution is 2.75. The lowest BCUT2D eigenvalue weighted by atomic mass is 9.34. The zero-order chi connectivity index (χ0) is 34.9. The molecule has 0 saturated heterocycles. The minimum atomic E-state index is -1.27. The van der Waals surface area contributed by atoms with E-state index in [4.69, 9.17) is 9.47 Å². The average Bonchev–Trinajstić information content (AvgIpc) is 3.02. The van der Waals surface area contributed by atoms with Gasteiger partial charge in [-0.15, -0.1) is 0 Å². The van der Waals surface area contributed by atoms with Crippen molar-refractivity contribution in [2.45, 2.75) is 132 Å². The molecule has 0 radical (unpaired) electrons. The third-order valence-electron chi connectivity index (χ3n) is 14.8. The summed E-state index contributed by atoms with van der Waals surface area (Å²) in [6.07, 6.45) is 6.98. The first-order valence-electron chi connectivity index (χ1n) is 17.9. The van der Waals surface area contributed by atoms with Gasteiger partial charge in [-0.3, -0.25) is 0 Å². The second-order valence-corrected chi connectivity index (χ2v) is 17.2. The Labute approximate surface area is 281 Å². The molecule has 0 aromatic carbocycles. The van der Waals surface area contributed by atoms with Crippen molar-refractivity contribution in [2.24, 2.45) is 50.7 Å². The fourth-order valence-electron chi connectivity index (χ4n) is 11.3. The first kappa shape index (κ1) is 36.3. The lowest BCUT2D eigenvalue weighted by Gasteiger charge is -2.71. The Morgan fingerprint density at radius 1 is 0.872 bits per heavy atom. The highest BCUT2D eigenvalue weighted by molar-refractivity contribution is 5.88. The van der Waals surface area contributed by atoms with Gasteiger partial charge in [-0.05, 0) is 112 Å². The largest absolute Gasteiger partial charge is 0.462 e. The van der Waals surface area contributed by atoms with Crippen LogP contribution in [0.4, 0.5) is 0 Å². The molecule has 0 aliphatic heterocycles. The van der Waals surface area contributed by atoms with Crippen LogP contribution in [0.25, 0.3) is 0 Å². The maximum atomic E-state index is 12.9. The summed E-state index contributed by atoms with van der Waals surface area (Å²) in [6, 6.07) is 0. The highest BCUT2D eigenvalue weighted by Gasteiger charge is 2.72. The van der Waals surface area contributed by atoms with Crippen molar-refractivity contribution < 1.29 is 39.5 Å². The third kappa shape index (κ3) is 5.30. The van der Waals surface area contributed by atoms with E-state index >= 15 is 0 Å². The van der Waals surface area contributed by atoms with E-state index in [2.05, 4.69) is 26.8 Å². The van der Waals surface area contributed by atoms with Gasteiger partial charge in [0.15, 0.2) is 0 Å². The third-order valence-corrected chi connectivity index (χ3v) is 14.8. The van der Waals surface area contributed by atoms with Gasteiger partial charge in [-0.25, -0.2) is 9.59 Å². The van der Waals surface area contributed by atoms with E-state index in [1.165, 1.54) is 5.57 Å². The number of hydrogen-bond donors (Lipinski definition) is 4. The Balaban J connectivity index is 1.53. The lowest BCUT2D eigenvalue weighted by Crippen LogP contribution is -2.71. The van der Waals surface area contributed by atoms with Gasteiger partial charge in [0.2, 0.25) is 0 Å². The average molecular weight is 657 g/mol. The number of rotatable bonds is 6. The second kappa shape index (κ2) is 12.4. The SMILES string of the molecule is C/C=C(/C)C(=O)OC[C@@H]1C2CC[C@]3(C)C(CC=C4C5CC(C)(C)[C@@H](O)[C@H](O)[C@]5(COC(=O)/C(C)=C\C)[C@H](O)C[C@]43C)[C@@]2(C)CC[C@@H]1O. The Bertz CT molecular complexity index is 1350. The van der Waals surface area contributed by atoms with Gasteiger partial charge in [0, 0.05) is 17.1 Å². The Kier molecular flexibility index (Phi) is 9.57. The molecule has 4 N–H and O–H groups in total. The van der Waals surface area contributed by atoms with Crippen LogP contribution < -0.4 is 0 Å². The quantitative estimate of drug-likeness (QED) is 0.163. The first-order chi connectivity index (χ1) is 21.9. The molecule has 8 heteroatoms. The molecular weight excluding hydrogens is 596 g/mol. The predicted molar refractivity (Wildman–Crippen MR) is 180 cm³/mol.